The summed E-state index contributed by atoms with van der Waals surface area (Å²) in [5, 5.41) is 0. The van der Waals surface area contributed by atoms with Crippen LogP contribution in [0.3, 0.4) is 0 Å². The fourth-order valence-electron chi connectivity index (χ4n) is 17.0. The molecule has 786 valence electrons. The molecule has 18 heterocycles. The minimum atomic E-state index is -5.03. The summed E-state index contributed by atoms with van der Waals surface area (Å²) in [5.41, 5.74) is 26.6. The molecule has 18 rings (SSSR count). The fourth-order valence-corrected chi connectivity index (χ4v) is 26.7. The third-order valence-corrected chi connectivity index (χ3v) is 34.1. The highest BCUT2D eigenvalue weighted by Crippen LogP contribution is 2.57. The Labute approximate surface area is 848 Å². The normalized spacial score (nSPS) is 29.6. The van der Waals surface area contributed by atoms with Gasteiger partial charge in [0.15, 0.2) is 52.4 Å². The molecule has 0 spiro atoms. The Hall–Kier alpha value is -7.36. The summed E-state index contributed by atoms with van der Waals surface area (Å²) in [6.45, 7) is -33.0. The van der Waals surface area contributed by atoms with E-state index in [4.69, 9.17) is 204 Å². The van der Waals surface area contributed by atoms with Gasteiger partial charge in [-0.25, -0.2) is 64.2 Å². The van der Waals surface area contributed by atoms with E-state index in [1.54, 1.807) is 6.92 Å². The second-order valence-electron chi connectivity index (χ2n) is 33.6. The van der Waals surface area contributed by atoms with Gasteiger partial charge < -0.3 is 167 Å². The molecule has 7 aliphatic rings. The van der Waals surface area contributed by atoms with Gasteiger partial charge in [0.05, 0.1) is 114 Å². The second kappa shape index (κ2) is 42.7. The molecule has 0 amide bonds. The SMILES string of the molecule is Cc1cn([C@H]2C[C@@H](OP([O-])(=S)OC[C@H]3O[C@@H](n4cnc5c(N)ncnc54)C[C@H]3OP([O-])(=S)OC[C@H]3O[C@@H](n4cc(C)c(=O)[nH]c4=O)C[C@H]3OP([O-])(=S)OC[C@H]3O[C@@H](n4cnc5c(=O)[nH]c(N)nc54)C[C@H]3OP([O-])(=S)OC[C@H]3O[C@@H](n4cnc5c(N)ncnc54)C[C@H]3OP([O-])(O)=S)[C@@H](COP(=O)([S-])O[C@@H]3C[C@H](n4cnc5c(N)ncnc54)O[C@@H]3COP([O-])(=S)O[C@@H]3C[C@H](n4cc(C)c(=O)[nH]c4=O)O[C@@H]3C)O2)c(=O)nc1N. The predicted molar refractivity (Wildman–Crippen MR) is 510 cm³/mol. The first kappa shape index (κ1) is 107. The molecule has 14 N–H and O–H groups in total. The minimum absolute atomic E-state index is 0.00741. The van der Waals surface area contributed by atoms with Crippen molar-refractivity contribution in [3.8, 4) is 0 Å². The van der Waals surface area contributed by atoms with Gasteiger partial charge in [0.1, 0.15) is 162 Å². The minimum Gasteiger partial charge on any atom is -0.780 e. The molecule has 61 nitrogen and oxygen atoms in total. The van der Waals surface area contributed by atoms with Crippen LogP contribution >= 0.6 is 47.1 Å². The Morgan fingerprint density at radius 2 is 0.669 bits per heavy atom. The third kappa shape index (κ3) is 24.6. The summed E-state index contributed by atoms with van der Waals surface area (Å²) in [4.78, 5) is 231. The van der Waals surface area contributed by atoms with Crippen molar-refractivity contribution < 1.29 is 131 Å². The summed E-state index contributed by atoms with van der Waals surface area (Å²) in [5.74, 6) is -0.481. The maximum absolute atomic E-state index is 15.0. The number of hydrogen-bond acceptors (Lipinski definition) is 57. The number of fused-ring (bicyclic) bond motifs is 4. The van der Waals surface area contributed by atoms with E-state index < -0.39 is 262 Å². The quantitative estimate of drug-likeness (QED) is 0.0135. The topological polar surface area (TPSA) is 829 Å². The second-order valence-corrected chi connectivity index (χ2v) is 52.4. The van der Waals surface area contributed by atoms with Gasteiger partial charge in [0.2, 0.25) is 5.95 Å². The van der Waals surface area contributed by atoms with Crippen LogP contribution < -0.4 is 91.8 Å². The Morgan fingerprint density at radius 1 is 0.372 bits per heavy atom. The monoisotopic (exact) mass is 2290 g/mol. The predicted octanol–water partition coefficient (Wildman–Crippen LogP) is -3.18. The van der Waals surface area contributed by atoms with Crippen LogP contribution in [-0.2, 0) is 180 Å². The molecular formula is C70H83N27O34P7S7-7. The lowest BCUT2D eigenvalue weighted by Gasteiger charge is -2.36. The largest absolute Gasteiger partial charge is 0.780 e. The Bertz CT molecular complexity index is 7560. The number of nitrogens with zero attached hydrogens (tertiary/aromatic N) is 19. The molecule has 145 heavy (non-hydrogen) atoms. The maximum atomic E-state index is 15.0. The molecule has 75 heteroatoms. The number of aryl methyl sites for hydroxylation is 3. The van der Waals surface area contributed by atoms with Gasteiger partial charge in [0.25, 0.3) is 16.7 Å². The Kier molecular flexibility index (Phi) is 31.6. The zero-order valence-electron chi connectivity index (χ0n) is 74.9. The number of nitrogen functional groups attached to an aromatic ring is 5. The number of nitrogens with one attached hydrogen (secondary N) is 3. The van der Waals surface area contributed by atoms with Crippen LogP contribution in [-0.4, -0.2) is 237 Å². The lowest BCUT2D eigenvalue weighted by atomic mass is 10.2. The van der Waals surface area contributed by atoms with E-state index in [0.29, 0.717) is 5.56 Å². The van der Waals surface area contributed by atoms with Crippen molar-refractivity contribution >= 4 is 204 Å². The van der Waals surface area contributed by atoms with Crippen LogP contribution in [0.15, 0.2) is 91.6 Å². The van der Waals surface area contributed by atoms with Gasteiger partial charge in [-0.05, 0) is 27.7 Å². The van der Waals surface area contributed by atoms with Crippen LogP contribution in [0.4, 0.5) is 29.2 Å². The van der Waals surface area contributed by atoms with Gasteiger partial charge in [-0.15, -0.1) is 0 Å². The highest BCUT2D eigenvalue weighted by atomic mass is 32.7. The number of nitrogens with two attached hydrogens (primary N) is 5. The van der Waals surface area contributed by atoms with Gasteiger partial charge in [0, 0.05) is 80.2 Å². The van der Waals surface area contributed by atoms with E-state index in [9.17, 15) is 57.8 Å². The number of H-pyrrole nitrogens is 3. The Balaban J connectivity index is 0.559. The van der Waals surface area contributed by atoms with Crippen LogP contribution in [0.2, 0.25) is 0 Å². The first-order valence-corrected chi connectivity index (χ1v) is 61.0. The standard InChI is InChI=1S/C70H90N27O34P7S7/c1-28-12-91(68(101)86-56(28)71)46-7-34(40(119-46)16-114-137(110,144)129-36-9-49(95-25-83-53-58(73)77-22-80-61(53)95)122-42(36)18-112-133(106,140)126-32-5-45(118-31(32)4)92-13-29(2)64(98)89-69(92)102)127-135(108,142)116-19-43-37(10-50(123-43)96-26-84-54-59(74)78-23-81-62(54)96)130-138(111,145)115-17-41-35(8-47(120-41)93-14-30(3)65(99)90-70(93)103)128-136(109,143)117-20-44-38(11-51(124-44)97-27-85-55-63(97)87-67(75)88-66(55)100)131-134(107,141)113-15-39-33(125-132(104,105)139)6-48(121-39)94-24-82-52-57(72)76-21-79-60(52)94/h12-14,21-27,31-51H,5-11,15-20H2,1-4H3,(H,106,140)(H,107,141)(H,108,142)(H,109,143)(H,110,144)(H,111,145)(H2,71,86,101)(H2,72,76,79)(H2,73,77,80)(H2,74,78,81)(H,89,98,102)(H,90,99,103)(H2,104,105,139)(H3,75,87,88,100)/p-7/t31-,32-,33-,34-,35-,36-,37-,38-,39-,40-,41-,42-,43-,44-,45-,46-,47-,48-,49-,50-,51-,133?,134?,135?,136?,137?,138?/m1/s1. The van der Waals surface area contributed by atoms with Crippen LogP contribution in [0.5, 0.6) is 0 Å². The zero-order chi connectivity index (χ0) is 103. The number of aromatic amines is 3. The molecule has 11 aromatic heterocycles. The molecule has 0 saturated carbocycles. The van der Waals surface area contributed by atoms with Gasteiger partial charge in [-0.2, -0.15) is 9.97 Å². The van der Waals surface area contributed by atoms with Gasteiger partial charge in [-0.1, -0.05) is 70.8 Å². The lowest BCUT2D eigenvalue weighted by molar-refractivity contribution is -0.221. The summed E-state index contributed by atoms with van der Waals surface area (Å²) in [6, 6.07) is 0. The number of anilines is 5. The van der Waals surface area contributed by atoms with Crippen molar-refractivity contribution in [3.63, 3.8) is 0 Å². The number of hydrogen-bond donors (Lipinski definition) is 9. The zero-order valence-corrected chi connectivity index (χ0v) is 86.9. The number of aromatic nitrogens is 22. The van der Waals surface area contributed by atoms with E-state index in [-0.39, 0.29) is 117 Å². The number of ether oxygens (including phenoxy) is 7. The van der Waals surface area contributed by atoms with Crippen LogP contribution in [0, 0.1) is 20.8 Å². The van der Waals surface area contributed by atoms with E-state index in [2.05, 4.69) is 74.8 Å². The van der Waals surface area contributed by atoms with E-state index in [1.165, 1.54) is 89.4 Å². The summed E-state index contributed by atoms with van der Waals surface area (Å²) < 4.78 is 144. The highest BCUT2D eigenvalue weighted by molar-refractivity contribution is 8.32. The highest BCUT2D eigenvalue weighted by Gasteiger charge is 2.49. The van der Waals surface area contributed by atoms with Crippen molar-refractivity contribution in [1.82, 2.24) is 107 Å². The van der Waals surface area contributed by atoms with Crippen molar-refractivity contribution in [2.24, 2.45) is 0 Å². The van der Waals surface area contributed by atoms with Crippen LogP contribution in [0.1, 0.15) is 112 Å². The lowest BCUT2D eigenvalue weighted by Crippen LogP contribution is -2.34. The van der Waals surface area contributed by atoms with Gasteiger partial charge >= 0.3 is 17.1 Å². The summed E-state index contributed by atoms with van der Waals surface area (Å²) in [6.07, 6.45) is -17.9. The van der Waals surface area contributed by atoms with Crippen LogP contribution in [0.25, 0.3) is 44.7 Å². The molecule has 7 unspecified atom stereocenters. The van der Waals surface area contributed by atoms with Crippen molar-refractivity contribution in [1.29, 1.82) is 0 Å². The van der Waals surface area contributed by atoms with Gasteiger partial charge in [-0.3, -0.25) is 65.9 Å². The van der Waals surface area contributed by atoms with Crippen molar-refractivity contribution in [2.45, 2.75) is 202 Å². The number of rotatable bonds is 39. The van der Waals surface area contributed by atoms with E-state index in [0.717, 1.165) is 26.2 Å². The molecule has 0 aromatic carbocycles. The van der Waals surface area contributed by atoms with E-state index in [1.807, 2.05) is 0 Å². The molecule has 28 atom stereocenters. The average molecular weight is 2290 g/mol. The smallest absolute Gasteiger partial charge is 0.351 e. The third-order valence-electron chi connectivity index (χ3n) is 23.9. The van der Waals surface area contributed by atoms with E-state index >= 15 is 9.79 Å². The van der Waals surface area contributed by atoms with Crippen molar-refractivity contribution in [2.75, 3.05) is 68.3 Å². The molecule has 7 saturated heterocycles. The fraction of sp³-hybridized carbons (Fsp3) is 0.543. The summed E-state index contributed by atoms with van der Waals surface area (Å²) in [7, 11) is 0. The molecule has 0 aliphatic carbocycles. The first-order chi connectivity index (χ1) is 68.4. The average Bonchev–Trinajstić information content (AvgIpc) is 1.83. The summed E-state index contributed by atoms with van der Waals surface area (Å²) >= 11 is 37.7. The molecular weight excluding hydrogens is 2200 g/mol. The molecule has 7 aliphatic heterocycles. The Morgan fingerprint density at radius 3 is 1.03 bits per heavy atom. The maximum Gasteiger partial charge on any atom is 0.351 e. The molecule has 7 fully saturated rings. The molecule has 0 bridgehead atoms. The first-order valence-electron chi connectivity index (χ1n) is 43.1. The molecule has 11 aromatic rings. The van der Waals surface area contributed by atoms with Crippen molar-refractivity contribution in [3.05, 3.63) is 142 Å². The number of imidazole rings is 4. The molecule has 0 radical (unpaired) electrons.